The van der Waals surface area contributed by atoms with E-state index in [-0.39, 0.29) is 23.7 Å². The molecule has 1 aliphatic heterocycles. The number of rotatable bonds is 4. The second-order valence-corrected chi connectivity index (χ2v) is 10.2. The molecule has 148 valence electrons. The van der Waals surface area contributed by atoms with E-state index in [1.54, 1.807) is 23.1 Å². The van der Waals surface area contributed by atoms with Crippen molar-refractivity contribution in [2.45, 2.75) is 35.8 Å². The van der Waals surface area contributed by atoms with Crippen LogP contribution in [0.4, 0.5) is 5.69 Å². The van der Waals surface area contributed by atoms with E-state index in [0.717, 1.165) is 56.6 Å². The summed E-state index contributed by atoms with van der Waals surface area (Å²) in [6, 6.07) is 13.5. The summed E-state index contributed by atoms with van der Waals surface area (Å²) in [6.45, 7) is 0. The molecule has 0 bridgehead atoms. The summed E-state index contributed by atoms with van der Waals surface area (Å²) in [5.41, 5.74) is 2.64. The number of carbonyl (C=O) groups excluding carboxylic acids is 2. The molecular weight excluding hydrogens is 424 g/mol. The molecule has 0 spiro atoms. The third-order valence-electron chi connectivity index (χ3n) is 5.76. The number of benzene rings is 2. The number of hydrogen-bond acceptors (Lipinski definition) is 5. The topological polar surface area (TPSA) is 50.3 Å². The number of thioether (sulfide) groups is 1. The van der Waals surface area contributed by atoms with Gasteiger partial charge in [-0.1, -0.05) is 54.4 Å². The van der Waals surface area contributed by atoms with E-state index < -0.39 is 0 Å². The van der Waals surface area contributed by atoms with Crippen molar-refractivity contribution >= 4 is 62.4 Å². The fraction of sp³-hybridized carbons (Fsp3) is 0.318. The van der Waals surface area contributed by atoms with E-state index >= 15 is 0 Å². The molecule has 1 saturated heterocycles. The number of carbonyl (C=O) groups is 2. The minimum Gasteiger partial charge on any atom is -0.274 e. The second-order valence-electron chi connectivity index (χ2n) is 7.52. The van der Waals surface area contributed by atoms with Gasteiger partial charge in [-0.25, -0.2) is 4.98 Å². The lowest BCUT2D eigenvalue weighted by Gasteiger charge is -2.19. The molecule has 2 heterocycles. The van der Waals surface area contributed by atoms with Gasteiger partial charge in [0.15, 0.2) is 4.34 Å². The number of amides is 2. The Labute approximate surface area is 182 Å². The monoisotopic (exact) mass is 442 g/mol. The molecule has 5 rings (SSSR count). The largest absolute Gasteiger partial charge is 0.274 e. The molecule has 29 heavy (non-hydrogen) atoms. The summed E-state index contributed by atoms with van der Waals surface area (Å²) in [6.07, 6.45) is 3.73. The van der Waals surface area contributed by atoms with Crippen LogP contribution in [0.25, 0.3) is 10.2 Å². The normalized spacial score (nSPS) is 21.8. The minimum absolute atomic E-state index is 0.0307. The molecule has 2 aromatic carbocycles. The van der Waals surface area contributed by atoms with Gasteiger partial charge in [0.2, 0.25) is 11.8 Å². The summed E-state index contributed by atoms with van der Waals surface area (Å²) in [5, 5.41) is 0.760. The second kappa shape index (κ2) is 7.74. The highest BCUT2D eigenvalue weighted by molar-refractivity contribution is 8.00. The Balaban J connectivity index is 1.39. The maximum absolute atomic E-state index is 12.9. The molecule has 2 amide bonds. The average molecular weight is 443 g/mol. The molecule has 2 fully saturated rings. The number of imide groups is 1. The van der Waals surface area contributed by atoms with Crippen LogP contribution in [0.5, 0.6) is 0 Å². The molecule has 1 aliphatic carbocycles. The fourth-order valence-corrected chi connectivity index (χ4v) is 6.65. The maximum Gasteiger partial charge on any atom is 0.237 e. The predicted octanol–water partition coefficient (Wildman–Crippen LogP) is 5.92. The van der Waals surface area contributed by atoms with Gasteiger partial charge in [-0.2, -0.15) is 0 Å². The van der Waals surface area contributed by atoms with Gasteiger partial charge in [-0.15, -0.1) is 11.3 Å². The van der Waals surface area contributed by atoms with Crippen molar-refractivity contribution in [3.8, 4) is 0 Å². The van der Waals surface area contributed by atoms with Crippen LogP contribution in [-0.4, -0.2) is 16.8 Å². The lowest BCUT2D eigenvalue weighted by molar-refractivity contribution is -0.122. The first kappa shape index (κ1) is 19.1. The number of hydrogen-bond donors (Lipinski definition) is 0. The van der Waals surface area contributed by atoms with Crippen molar-refractivity contribution in [3.63, 3.8) is 0 Å². The quantitative estimate of drug-likeness (QED) is 0.371. The van der Waals surface area contributed by atoms with Crippen LogP contribution in [0, 0.1) is 11.8 Å². The van der Waals surface area contributed by atoms with Crippen LogP contribution in [-0.2, 0) is 15.3 Å². The molecular formula is C22H19ClN2O2S2. The Morgan fingerprint density at radius 3 is 2.52 bits per heavy atom. The first-order chi connectivity index (χ1) is 14.1. The highest BCUT2D eigenvalue weighted by atomic mass is 35.5. The number of aromatic nitrogens is 1. The fourth-order valence-electron chi connectivity index (χ4n) is 4.26. The van der Waals surface area contributed by atoms with Crippen molar-refractivity contribution in [3.05, 3.63) is 53.1 Å². The van der Waals surface area contributed by atoms with E-state index in [1.807, 2.05) is 42.5 Å². The Bertz CT molecular complexity index is 1090. The Hall–Kier alpha value is -1.89. The van der Waals surface area contributed by atoms with Crippen LogP contribution in [0.3, 0.4) is 0 Å². The van der Waals surface area contributed by atoms with Gasteiger partial charge in [-0.05, 0) is 42.7 Å². The zero-order valence-corrected chi connectivity index (χ0v) is 18.0. The predicted molar refractivity (Wildman–Crippen MR) is 119 cm³/mol. The zero-order chi connectivity index (χ0) is 20.0. The smallest absolute Gasteiger partial charge is 0.237 e. The SMILES string of the molecule is O=C1[C@H]2CCCC[C@@H]2C(=O)N1c1ccc2nc(SCc3ccccc3Cl)sc2c1. The van der Waals surface area contributed by atoms with Crippen molar-refractivity contribution in [2.75, 3.05) is 4.90 Å². The number of halogens is 1. The molecule has 0 radical (unpaired) electrons. The lowest BCUT2D eigenvalue weighted by atomic mass is 9.81. The van der Waals surface area contributed by atoms with Crippen LogP contribution >= 0.6 is 34.7 Å². The van der Waals surface area contributed by atoms with Gasteiger partial charge in [0.25, 0.3) is 0 Å². The molecule has 0 N–H and O–H groups in total. The summed E-state index contributed by atoms with van der Waals surface area (Å²) in [4.78, 5) is 31.8. The van der Waals surface area contributed by atoms with E-state index in [1.165, 1.54) is 4.90 Å². The summed E-state index contributed by atoms with van der Waals surface area (Å²) in [5.74, 6) is 0.429. The van der Waals surface area contributed by atoms with E-state index in [2.05, 4.69) is 4.98 Å². The van der Waals surface area contributed by atoms with Gasteiger partial charge >= 0.3 is 0 Å². The Morgan fingerprint density at radius 2 is 1.79 bits per heavy atom. The maximum atomic E-state index is 12.9. The molecule has 1 aromatic heterocycles. The average Bonchev–Trinajstić information content (AvgIpc) is 3.25. The first-order valence-electron chi connectivity index (χ1n) is 9.76. The lowest BCUT2D eigenvalue weighted by Crippen LogP contribution is -2.30. The molecule has 2 aliphatic rings. The number of anilines is 1. The minimum atomic E-state index is -0.129. The Kier molecular flexibility index (Phi) is 5.10. The third kappa shape index (κ3) is 3.47. The van der Waals surface area contributed by atoms with Crippen LogP contribution < -0.4 is 4.90 Å². The molecule has 7 heteroatoms. The highest BCUT2D eigenvalue weighted by Gasteiger charge is 2.48. The summed E-state index contributed by atoms with van der Waals surface area (Å²) >= 11 is 9.47. The van der Waals surface area contributed by atoms with Crippen LogP contribution in [0.15, 0.2) is 46.8 Å². The van der Waals surface area contributed by atoms with Crippen LogP contribution in [0.1, 0.15) is 31.2 Å². The van der Waals surface area contributed by atoms with Crippen molar-refractivity contribution in [1.82, 2.24) is 4.98 Å². The molecule has 1 saturated carbocycles. The van der Waals surface area contributed by atoms with E-state index in [0.29, 0.717) is 5.69 Å². The number of thiazole rings is 1. The van der Waals surface area contributed by atoms with Gasteiger partial charge < -0.3 is 0 Å². The number of fused-ring (bicyclic) bond motifs is 2. The Morgan fingerprint density at radius 1 is 1.07 bits per heavy atom. The summed E-state index contributed by atoms with van der Waals surface area (Å²) in [7, 11) is 0. The number of nitrogens with zero attached hydrogens (tertiary/aromatic N) is 2. The van der Waals surface area contributed by atoms with Gasteiger partial charge in [0.05, 0.1) is 27.7 Å². The van der Waals surface area contributed by atoms with E-state index in [4.69, 9.17) is 11.6 Å². The third-order valence-corrected chi connectivity index (χ3v) is 8.34. The summed E-state index contributed by atoms with van der Waals surface area (Å²) < 4.78 is 1.93. The highest BCUT2D eigenvalue weighted by Crippen LogP contribution is 2.41. The molecule has 3 aromatic rings. The van der Waals surface area contributed by atoms with Crippen molar-refractivity contribution in [2.24, 2.45) is 11.8 Å². The van der Waals surface area contributed by atoms with Crippen LogP contribution in [0.2, 0.25) is 5.02 Å². The molecule has 0 unspecified atom stereocenters. The molecule has 2 atom stereocenters. The van der Waals surface area contributed by atoms with E-state index in [9.17, 15) is 9.59 Å². The van der Waals surface area contributed by atoms with Crippen molar-refractivity contribution < 1.29 is 9.59 Å². The van der Waals surface area contributed by atoms with Crippen molar-refractivity contribution in [1.29, 1.82) is 0 Å². The van der Waals surface area contributed by atoms with Gasteiger partial charge in [-0.3, -0.25) is 14.5 Å². The van der Waals surface area contributed by atoms with Gasteiger partial charge in [0, 0.05) is 10.8 Å². The standard InChI is InChI=1S/C22H19ClN2O2S2/c23-17-8-4-1-5-13(17)12-28-22-24-18-10-9-14(11-19(18)29-22)25-20(26)15-6-2-3-7-16(15)21(25)27/h1,4-5,8-11,15-16H,2-3,6-7,12H2/t15-,16-/m0/s1. The first-order valence-corrected chi connectivity index (χ1v) is 11.9. The van der Waals surface area contributed by atoms with Gasteiger partial charge in [0.1, 0.15) is 0 Å². The molecule has 4 nitrogen and oxygen atoms in total. The zero-order valence-electron chi connectivity index (χ0n) is 15.6.